The highest BCUT2D eigenvalue weighted by Gasteiger charge is 2.64. The monoisotopic (exact) mass is 442 g/mol. The van der Waals surface area contributed by atoms with Gasteiger partial charge in [-0.25, -0.2) is 15.0 Å². The number of carbonyl (C=O) groups excluding carboxylic acids is 1. The zero-order chi connectivity index (χ0) is 22.6. The Morgan fingerprint density at radius 3 is 2.67 bits per heavy atom. The number of nitrogen functional groups attached to an aromatic ring is 1. The fourth-order valence-corrected chi connectivity index (χ4v) is 5.10. The molecule has 1 aliphatic carbocycles. The molecule has 166 valence electrons. The van der Waals surface area contributed by atoms with Crippen LogP contribution in [0, 0.1) is 0 Å². The number of fused-ring (bicyclic) bond motifs is 2. The Balaban J connectivity index is 1.36. The normalized spacial score (nSPS) is 23.4. The van der Waals surface area contributed by atoms with E-state index in [0.29, 0.717) is 29.5 Å². The second-order valence-electron chi connectivity index (χ2n) is 8.83. The third-order valence-corrected chi connectivity index (χ3v) is 6.65. The number of nitrogens with one attached hydrogen (secondary N) is 1. The van der Waals surface area contributed by atoms with E-state index < -0.39 is 5.60 Å². The van der Waals surface area contributed by atoms with Crippen molar-refractivity contribution in [1.82, 2.24) is 19.4 Å². The molecule has 7 rings (SSSR count). The molecule has 9 heteroatoms. The molecular weight excluding hydrogens is 420 g/mol. The van der Waals surface area contributed by atoms with Gasteiger partial charge in [0.1, 0.15) is 28.7 Å². The minimum absolute atomic E-state index is 0.0106. The molecule has 2 saturated heterocycles. The molecule has 0 unspecified atom stereocenters. The van der Waals surface area contributed by atoms with Crippen LogP contribution in [0.1, 0.15) is 29.0 Å². The van der Waals surface area contributed by atoms with Crippen LogP contribution in [0.4, 0.5) is 11.6 Å². The fourth-order valence-electron chi connectivity index (χ4n) is 5.10. The minimum Gasteiger partial charge on any atom is -0.393 e. The molecule has 1 amide bonds. The van der Waals surface area contributed by atoms with Crippen molar-refractivity contribution in [3.63, 3.8) is 0 Å². The van der Waals surface area contributed by atoms with E-state index in [1.165, 1.54) is 0 Å². The smallest absolute Gasteiger partial charge is 0.256 e. The maximum absolute atomic E-state index is 12.6. The van der Waals surface area contributed by atoms with Gasteiger partial charge in [-0.2, -0.15) is 0 Å². The number of imidazole rings is 1. The lowest BCUT2D eigenvalue weighted by Crippen LogP contribution is -2.50. The Morgan fingerprint density at radius 2 is 1.97 bits per heavy atom. The van der Waals surface area contributed by atoms with Crippen molar-refractivity contribution >= 4 is 23.1 Å². The number of anilines is 2. The first-order chi connectivity index (χ1) is 16.0. The summed E-state index contributed by atoms with van der Waals surface area (Å²) < 4.78 is 7.89. The highest BCUT2D eigenvalue weighted by atomic mass is 16.5. The van der Waals surface area contributed by atoms with E-state index in [0.717, 1.165) is 29.7 Å². The van der Waals surface area contributed by atoms with Gasteiger partial charge >= 0.3 is 0 Å². The van der Waals surface area contributed by atoms with Crippen LogP contribution in [0.5, 0.6) is 0 Å². The van der Waals surface area contributed by atoms with E-state index in [9.17, 15) is 9.90 Å². The Hall–Kier alpha value is -3.82. The Labute approximate surface area is 189 Å². The zero-order valence-corrected chi connectivity index (χ0v) is 17.7. The molecular formula is C24H22N6O3. The molecule has 2 aliphatic heterocycles. The predicted molar refractivity (Wildman–Crippen MR) is 122 cm³/mol. The van der Waals surface area contributed by atoms with E-state index in [1.807, 2.05) is 28.8 Å². The molecule has 0 spiro atoms. The van der Waals surface area contributed by atoms with Crippen LogP contribution in [0.2, 0.25) is 0 Å². The predicted octanol–water partition coefficient (Wildman–Crippen LogP) is 2.42. The molecule has 2 bridgehead atoms. The van der Waals surface area contributed by atoms with Crippen molar-refractivity contribution < 1.29 is 14.6 Å². The molecule has 3 aromatic heterocycles. The third kappa shape index (κ3) is 3.00. The third-order valence-electron chi connectivity index (χ3n) is 6.65. The average Bonchev–Trinajstić information content (AvgIpc) is 3.50. The van der Waals surface area contributed by atoms with E-state index in [1.54, 1.807) is 36.7 Å². The van der Waals surface area contributed by atoms with Crippen molar-refractivity contribution in [2.75, 3.05) is 24.3 Å². The molecule has 3 fully saturated rings. The topological polar surface area (TPSA) is 128 Å². The van der Waals surface area contributed by atoms with Crippen molar-refractivity contribution in [1.29, 1.82) is 0 Å². The molecule has 4 aromatic rings. The maximum Gasteiger partial charge on any atom is 0.256 e. The van der Waals surface area contributed by atoms with Crippen molar-refractivity contribution in [3.8, 4) is 11.3 Å². The summed E-state index contributed by atoms with van der Waals surface area (Å²) in [5, 5.41) is 12.5. The summed E-state index contributed by atoms with van der Waals surface area (Å²) in [5.41, 5.74) is 8.33. The summed E-state index contributed by atoms with van der Waals surface area (Å²) in [6, 6.07) is 12.6. The maximum atomic E-state index is 12.6. The number of aliphatic hydroxyl groups excluding tert-OH is 1. The summed E-state index contributed by atoms with van der Waals surface area (Å²) in [5.74, 6) is 1.49. The molecule has 1 saturated carbocycles. The van der Waals surface area contributed by atoms with Gasteiger partial charge in [-0.3, -0.25) is 9.20 Å². The first kappa shape index (κ1) is 19.8. The first-order valence-electron chi connectivity index (χ1n) is 10.7. The number of pyridine rings is 1. The lowest BCUT2D eigenvalue weighted by Gasteiger charge is -2.42. The molecule has 4 N–H and O–H groups in total. The second kappa shape index (κ2) is 7.09. The number of hydrogen-bond acceptors (Lipinski definition) is 7. The standard InChI is InChI=1S/C24H22N6O3/c25-20-19-18(15-4-6-16(7-5-15)21(32)28-17-3-1-2-8-26-17)29-22(30(19)10-9-27-20)23-11-24(12-23,13-31)33-14-23/h1-10,31H,11-14H2,(H2,25,27)(H,26,28,32). The average molecular weight is 442 g/mol. The Bertz CT molecular complexity index is 1360. The highest BCUT2D eigenvalue weighted by Crippen LogP contribution is 2.58. The summed E-state index contributed by atoms with van der Waals surface area (Å²) in [6.07, 6.45) is 6.60. The quantitative estimate of drug-likeness (QED) is 0.433. The van der Waals surface area contributed by atoms with E-state index in [4.69, 9.17) is 15.5 Å². The number of aromatic nitrogens is 4. The molecule has 0 radical (unpaired) electrons. The molecule has 3 aliphatic rings. The van der Waals surface area contributed by atoms with Crippen LogP contribution in [-0.2, 0) is 10.2 Å². The first-order valence-corrected chi connectivity index (χ1v) is 10.7. The second-order valence-corrected chi connectivity index (χ2v) is 8.83. The lowest BCUT2D eigenvalue weighted by atomic mass is 9.62. The van der Waals surface area contributed by atoms with E-state index in [2.05, 4.69) is 15.3 Å². The van der Waals surface area contributed by atoms with Crippen LogP contribution in [0.3, 0.4) is 0 Å². The van der Waals surface area contributed by atoms with Gasteiger partial charge in [-0.15, -0.1) is 0 Å². The minimum atomic E-state index is -0.451. The summed E-state index contributed by atoms with van der Waals surface area (Å²) in [4.78, 5) is 26.0. The van der Waals surface area contributed by atoms with E-state index >= 15 is 0 Å². The summed E-state index contributed by atoms with van der Waals surface area (Å²) in [7, 11) is 0. The number of carbonyl (C=O) groups is 1. The van der Waals surface area contributed by atoms with Crippen molar-refractivity contribution in [2.24, 2.45) is 0 Å². The van der Waals surface area contributed by atoms with Gasteiger partial charge in [0.05, 0.1) is 24.2 Å². The fraction of sp³-hybridized carbons (Fsp3) is 0.250. The van der Waals surface area contributed by atoms with Gasteiger partial charge in [0, 0.05) is 29.7 Å². The van der Waals surface area contributed by atoms with Crippen LogP contribution in [0.15, 0.2) is 61.1 Å². The molecule has 9 nitrogen and oxygen atoms in total. The van der Waals surface area contributed by atoms with Gasteiger partial charge in [-0.05, 0) is 37.1 Å². The summed E-state index contributed by atoms with van der Waals surface area (Å²) >= 11 is 0. The van der Waals surface area contributed by atoms with Gasteiger partial charge in [0.15, 0.2) is 0 Å². The molecule has 0 atom stereocenters. The number of aliphatic hydroxyl groups is 1. The Kier molecular flexibility index (Phi) is 4.26. The molecule has 5 heterocycles. The number of benzene rings is 1. The molecule has 1 aromatic carbocycles. The molecule has 33 heavy (non-hydrogen) atoms. The highest BCUT2D eigenvalue weighted by molar-refractivity contribution is 6.04. The number of hydrogen-bond donors (Lipinski definition) is 3. The SMILES string of the molecule is Nc1nccn2c(C34COC(CO)(C3)C4)nc(-c3ccc(C(=O)Nc4ccccn4)cc3)c12. The van der Waals surface area contributed by atoms with Crippen molar-refractivity contribution in [3.05, 3.63) is 72.4 Å². The van der Waals surface area contributed by atoms with E-state index in [-0.39, 0.29) is 17.9 Å². The number of amides is 1. The lowest BCUT2D eigenvalue weighted by molar-refractivity contribution is -0.0486. The summed E-state index contributed by atoms with van der Waals surface area (Å²) in [6.45, 7) is 0.525. The number of ether oxygens (including phenoxy) is 1. The number of rotatable bonds is 5. The number of nitrogens with two attached hydrogens (primary N) is 1. The van der Waals surface area contributed by atoms with Gasteiger partial charge in [0.25, 0.3) is 5.91 Å². The van der Waals surface area contributed by atoms with Crippen LogP contribution < -0.4 is 11.1 Å². The number of nitrogens with zero attached hydrogens (tertiary/aromatic N) is 4. The van der Waals surface area contributed by atoms with Gasteiger partial charge in [-0.1, -0.05) is 18.2 Å². The Morgan fingerprint density at radius 1 is 1.15 bits per heavy atom. The van der Waals surface area contributed by atoms with Crippen LogP contribution in [0.25, 0.3) is 16.8 Å². The van der Waals surface area contributed by atoms with Gasteiger partial charge in [0.2, 0.25) is 0 Å². The largest absolute Gasteiger partial charge is 0.393 e. The van der Waals surface area contributed by atoms with Crippen molar-refractivity contribution in [2.45, 2.75) is 23.9 Å². The van der Waals surface area contributed by atoms with Crippen LogP contribution >= 0.6 is 0 Å². The van der Waals surface area contributed by atoms with Gasteiger partial charge < -0.3 is 20.9 Å². The van der Waals surface area contributed by atoms with Crippen LogP contribution in [-0.4, -0.2) is 49.2 Å². The zero-order valence-electron chi connectivity index (χ0n) is 17.7.